The number of hydrogen-bond acceptors (Lipinski definition) is 9. The molecule has 7 aromatic rings. The summed E-state index contributed by atoms with van der Waals surface area (Å²) < 4.78 is 3.22. The fourth-order valence-electron chi connectivity index (χ4n) is 12.6. The second kappa shape index (κ2) is 21.2. The molecule has 0 amide bonds. The van der Waals surface area contributed by atoms with Crippen molar-refractivity contribution in [2.45, 2.75) is 90.5 Å². The molecule has 3 aromatic heterocycles. The standard InChI is InChI=1S/C63H73N9S/c1-8-57-54(26-27-61(66-57)72-31-29-49-12-11-13-52(56(49)40-72)44(5)65-63-67-58-14-9-10-15-60(58)73-63)51-24-21-48(37-42(51)3)38-47-19-17-46(18-20-47)36-41(2)28-30-70-32-34-71(35-33-70)50-22-25-55-59(39-50)69(7)68-62(55)53-23-16-43(4)64-45(53)6/h8-15,21-22,24-27,37,39,41,46-47,53,64H,1,4-6,16-20,23,28-36,38,40H2,2-3,7H3,(H,65,67)/t41-,46?,47?,53?/m0/s1. The highest BCUT2D eigenvalue weighted by atomic mass is 32.1. The van der Waals surface area contributed by atoms with Gasteiger partial charge in [-0.1, -0.05) is 106 Å². The average molecular weight is 988 g/mol. The van der Waals surface area contributed by atoms with Crippen LogP contribution in [0.1, 0.15) is 103 Å². The van der Waals surface area contributed by atoms with E-state index in [-0.39, 0.29) is 5.92 Å². The maximum Gasteiger partial charge on any atom is 0.188 e. The third-order valence-electron chi connectivity index (χ3n) is 16.7. The Balaban J connectivity index is 0.634. The number of thiazole rings is 1. The number of fused-ring (bicyclic) bond motifs is 3. The van der Waals surface area contributed by atoms with Gasteiger partial charge in [0.05, 0.1) is 27.1 Å². The number of para-hydroxylation sites is 1. The lowest BCUT2D eigenvalue weighted by Crippen LogP contribution is -2.46. The van der Waals surface area contributed by atoms with Gasteiger partial charge in [-0.25, -0.2) is 9.97 Å². The number of anilines is 3. The van der Waals surface area contributed by atoms with Gasteiger partial charge in [0.15, 0.2) is 5.13 Å². The first-order valence-electron chi connectivity index (χ1n) is 27.0. The van der Waals surface area contributed by atoms with Crippen LogP contribution in [0.25, 0.3) is 44.0 Å². The van der Waals surface area contributed by atoms with E-state index >= 15 is 0 Å². The predicted octanol–water partition coefficient (Wildman–Crippen LogP) is 13.9. The van der Waals surface area contributed by atoms with Crippen molar-refractivity contribution >= 4 is 60.9 Å². The van der Waals surface area contributed by atoms with Crippen LogP contribution in [0.3, 0.4) is 0 Å². The molecule has 2 atom stereocenters. The number of aromatic nitrogens is 4. The maximum absolute atomic E-state index is 5.24. The van der Waals surface area contributed by atoms with Gasteiger partial charge in [0.2, 0.25) is 0 Å². The molecular weight excluding hydrogens is 915 g/mol. The lowest BCUT2D eigenvalue weighted by Gasteiger charge is -2.37. The van der Waals surface area contributed by atoms with Crippen LogP contribution in [-0.4, -0.2) is 63.9 Å². The van der Waals surface area contributed by atoms with Crippen molar-refractivity contribution in [3.8, 4) is 11.1 Å². The molecule has 1 unspecified atom stereocenters. The van der Waals surface area contributed by atoms with Gasteiger partial charge in [-0.05, 0) is 159 Å². The molecule has 73 heavy (non-hydrogen) atoms. The molecule has 11 rings (SSSR count). The summed E-state index contributed by atoms with van der Waals surface area (Å²) in [6.07, 6.45) is 14.1. The van der Waals surface area contributed by atoms with Crippen LogP contribution in [0.4, 0.5) is 16.6 Å². The fraction of sp³-hybridized carbons (Fsp3) is 0.381. The zero-order valence-electron chi connectivity index (χ0n) is 43.4. The molecule has 0 bridgehead atoms. The lowest BCUT2D eigenvalue weighted by atomic mass is 9.76. The molecule has 1 aliphatic carbocycles. The number of pyridine rings is 1. The van der Waals surface area contributed by atoms with E-state index in [0.717, 1.165) is 132 Å². The van der Waals surface area contributed by atoms with Crippen LogP contribution in [-0.2, 0) is 26.4 Å². The first-order valence-corrected chi connectivity index (χ1v) is 27.8. The maximum atomic E-state index is 5.24. The Hall–Kier alpha value is -6.49. The number of allylic oxidation sites excluding steroid dienone is 2. The van der Waals surface area contributed by atoms with Gasteiger partial charge < -0.3 is 20.4 Å². The Morgan fingerprint density at radius 1 is 0.849 bits per heavy atom. The van der Waals surface area contributed by atoms with Crippen molar-refractivity contribution in [3.05, 3.63) is 168 Å². The molecule has 3 aliphatic heterocycles. The molecule has 2 saturated heterocycles. The molecule has 3 fully saturated rings. The van der Waals surface area contributed by atoms with Crippen LogP contribution in [0.5, 0.6) is 0 Å². The smallest absolute Gasteiger partial charge is 0.188 e. The number of piperidine rings is 1. The van der Waals surface area contributed by atoms with Crippen molar-refractivity contribution < 1.29 is 0 Å². The summed E-state index contributed by atoms with van der Waals surface area (Å²) in [7, 11) is 2.07. The highest BCUT2D eigenvalue weighted by Gasteiger charge is 2.28. The van der Waals surface area contributed by atoms with E-state index in [4.69, 9.17) is 15.1 Å². The zero-order valence-corrected chi connectivity index (χ0v) is 44.3. The number of nitrogens with zero attached hydrogens (tertiary/aromatic N) is 7. The predicted molar refractivity (Wildman–Crippen MR) is 308 cm³/mol. The van der Waals surface area contributed by atoms with Crippen LogP contribution >= 0.6 is 11.3 Å². The molecule has 9 nitrogen and oxygen atoms in total. The minimum atomic E-state index is 0.220. The summed E-state index contributed by atoms with van der Waals surface area (Å²) in [6, 6.07) is 33.4. The Morgan fingerprint density at radius 2 is 1.66 bits per heavy atom. The first kappa shape index (κ1) is 48.8. The topological polar surface area (TPSA) is 77.4 Å². The van der Waals surface area contributed by atoms with Gasteiger partial charge in [-0.3, -0.25) is 9.58 Å². The van der Waals surface area contributed by atoms with E-state index in [9.17, 15) is 0 Å². The normalized spacial score (nSPS) is 20.0. The third-order valence-corrected chi connectivity index (χ3v) is 17.7. The van der Waals surface area contributed by atoms with Gasteiger partial charge in [0, 0.05) is 91.5 Å². The number of piperazine rings is 1. The summed E-state index contributed by atoms with van der Waals surface area (Å²) in [5, 5.41) is 14.0. The quantitative estimate of drug-likeness (QED) is 0.105. The van der Waals surface area contributed by atoms with Crippen LogP contribution in [0.15, 0.2) is 129 Å². The molecule has 4 aromatic carbocycles. The monoisotopic (exact) mass is 988 g/mol. The molecule has 6 heterocycles. The number of hydrogen-bond donors (Lipinski definition) is 2. The summed E-state index contributed by atoms with van der Waals surface area (Å²) in [5.74, 6) is 3.60. The van der Waals surface area contributed by atoms with Crippen molar-refractivity contribution in [1.82, 2.24) is 30.0 Å². The third kappa shape index (κ3) is 10.5. The van der Waals surface area contributed by atoms with E-state index in [1.54, 1.807) is 11.3 Å². The Kier molecular flexibility index (Phi) is 14.1. The Bertz CT molecular complexity index is 3160. The number of benzene rings is 4. The molecular formula is C63H73N9S. The van der Waals surface area contributed by atoms with Crippen molar-refractivity contribution in [2.75, 3.05) is 54.4 Å². The van der Waals surface area contributed by atoms with E-state index < -0.39 is 0 Å². The van der Waals surface area contributed by atoms with Crippen LogP contribution in [0, 0.1) is 24.7 Å². The summed E-state index contributed by atoms with van der Waals surface area (Å²) >= 11 is 1.66. The van der Waals surface area contributed by atoms with E-state index in [0.29, 0.717) is 0 Å². The zero-order chi connectivity index (χ0) is 50.2. The van der Waals surface area contributed by atoms with Gasteiger partial charge in [-0.15, -0.1) is 0 Å². The van der Waals surface area contributed by atoms with Gasteiger partial charge >= 0.3 is 0 Å². The van der Waals surface area contributed by atoms with Gasteiger partial charge in [0.1, 0.15) is 5.82 Å². The molecule has 0 radical (unpaired) electrons. The largest absolute Gasteiger partial charge is 0.369 e. The Morgan fingerprint density at radius 3 is 2.45 bits per heavy atom. The molecule has 376 valence electrons. The van der Waals surface area contributed by atoms with E-state index in [1.807, 2.05) is 12.1 Å². The minimum absolute atomic E-state index is 0.220. The molecule has 10 heteroatoms. The second-order valence-corrected chi connectivity index (χ2v) is 22.8. The molecule has 2 N–H and O–H groups in total. The lowest BCUT2D eigenvalue weighted by molar-refractivity contribution is 0.208. The summed E-state index contributed by atoms with van der Waals surface area (Å²) in [4.78, 5) is 17.7. The second-order valence-electron chi connectivity index (χ2n) is 21.8. The highest BCUT2D eigenvalue weighted by molar-refractivity contribution is 7.22. The first-order chi connectivity index (χ1) is 35.5. The highest BCUT2D eigenvalue weighted by Crippen LogP contribution is 2.40. The molecule has 0 spiro atoms. The minimum Gasteiger partial charge on any atom is -0.369 e. The van der Waals surface area contributed by atoms with E-state index in [2.05, 4.69) is 162 Å². The van der Waals surface area contributed by atoms with Crippen LogP contribution < -0.4 is 20.4 Å². The Labute approximate surface area is 437 Å². The summed E-state index contributed by atoms with van der Waals surface area (Å²) in [5.41, 5.74) is 17.5. The van der Waals surface area contributed by atoms with E-state index in [1.165, 1.54) is 101 Å². The molecule has 4 aliphatic rings. The van der Waals surface area contributed by atoms with Crippen molar-refractivity contribution in [2.24, 2.45) is 24.8 Å². The van der Waals surface area contributed by atoms with Crippen molar-refractivity contribution in [3.63, 3.8) is 0 Å². The number of rotatable bonds is 15. The van der Waals surface area contributed by atoms with Crippen molar-refractivity contribution in [1.29, 1.82) is 0 Å². The summed E-state index contributed by atoms with van der Waals surface area (Å²) in [6.45, 7) is 29.2. The number of aryl methyl sites for hydroxylation is 2. The van der Waals surface area contributed by atoms with Gasteiger partial charge in [-0.2, -0.15) is 5.10 Å². The average Bonchev–Trinajstić information content (AvgIpc) is 3.97. The van der Waals surface area contributed by atoms with Crippen LogP contribution in [0.2, 0.25) is 0 Å². The fourth-order valence-corrected chi connectivity index (χ4v) is 13.5. The molecule has 1 saturated carbocycles. The SMILES string of the molecule is C=Cc1nc(N2CCc3cccc(C(=C)Nc4nc5ccccc5s4)c3C2)ccc1-c1ccc(CC2CCC(C[C@@H](C)CCN3CCN(c4ccc5c(C6CCC(=C)NC6=C)nn(C)c5c4)CC3)CC2)cc1C. The van der Waals surface area contributed by atoms with Gasteiger partial charge in [0.25, 0.3) is 0 Å². The number of nitrogens with one attached hydrogen (secondary N) is 2.